The van der Waals surface area contributed by atoms with E-state index in [1.54, 1.807) is 31.2 Å². The van der Waals surface area contributed by atoms with E-state index < -0.39 is 23.6 Å². The summed E-state index contributed by atoms with van der Waals surface area (Å²) in [5, 5.41) is 3.38. The van der Waals surface area contributed by atoms with Crippen LogP contribution in [0.3, 0.4) is 0 Å². The van der Waals surface area contributed by atoms with Crippen molar-refractivity contribution in [1.29, 1.82) is 0 Å². The Morgan fingerprint density at radius 2 is 1.81 bits per heavy atom. The van der Waals surface area contributed by atoms with Crippen LogP contribution >= 0.6 is 11.6 Å². The van der Waals surface area contributed by atoms with E-state index in [1.165, 1.54) is 6.07 Å². The molecule has 0 bridgehead atoms. The topological polar surface area (TPSA) is 87.7 Å². The zero-order valence-corrected chi connectivity index (χ0v) is 26.5. The maximum atomic E-state index is 14.9. The van der Waals surface area contributed by atoms with Gasteiger partial charge in [-0.25, -0.2) is 9.37 Å². The molecule has 3 aromatic carbocycles. The number of rotatable bonds is 7. The van der Waals surface area contributed by atoms with Gasteiger partial charge in [0, 0.05) is 29.7 Å². The largest absolute Gasteiger partial charge is 0.455 e. The van der Waals surface area contributed by atoms with Crippen LogP contribution in [0.25, 0.3) is 22.5 Å². The number of nitrogens with zero attached hydrogens (tertiary/aromatic N) is 5. The van der Waals surface area contributed by atoms with Crippen molar-refractivity contribution in [2.24, 2.45) is 0 Å². The molecule has 14 heteroatoms. The number of benzene rings is 3. The lowest BCUT2D eigenvalue weighted by molar-refractivity contribution is -0.146. The van der Waals surface area contributed by atoms with Crippen molar-refractivity contribution >= 4 is 22.6 Å². The lowest BCUT2D eigenvalue weighted by Gasteiger charge is -2.33. The summed E-state index contributed by atoms with van der Waals surface area (Å²) in [5.41, 5.74) is 3.14. The Bertz CT molecular complexity index is 2000. The highest BCUT2D eigenvalue weighted by Gasteiger charge is 2.43. The summed E-state index contributed by atoms with van der Waals surface area (Å²) in [6.45, 7) is 5.24. The molecule has 0 aliphatic carbocycles. The molecule has 3 aliphatic heterocycles. The third kappa shape index (κ3) is 5.67. The Labute approximate surface area is 277 Å². The van der Waals surface area contributed by atoms with Gasteiger partial charge in [0.05, 0.1) is 35.8 Å². The fourth-order valence-electron chi connectivity index (χ4n) is 6.76. The standard InChI is InChI=1S/C34H30ClF4N5O4/c1-33(24-7-6-21(35)16-25(24)36)46-28-4-2-3-23(30(28)47-33)19-9-12-43(13-10-19)18-29-40-26-15-20(31-41-32(42-48-31)34(37,38)39)5-8-27(26)44(29)17-22-11-14-45-22/h2-8,15-16,19,22H,9-14,17-18H2,1H3. The van der Waals surface area contributed by atoms with Crippen molar-refractivity contribution < 1.29 is 36.3 Å². The van der Waals surface area contributed by atoms with Crippen molar-refractivity contribution in [1.82, 2.24) is 24.6 Å². The average Bonchev–Trinajstić information content (AvgIpc) is 3.74. The number of halogens is 5. The van der Waals surface area contributed by atoms with Crippen molar-refractivity contribution in [2.45, 2.75) is 63.3 Å². The summed E-state index contributed by atoms with van der Waals surface area (Å²) in [5.74, 6) is -1.09. The molecular formula is C34H30ClF4N5O4. The zero-order valence-electron chi connectivity index (χ0n) is 25.8. The molecule has 3 aliphatic rings. The van der Waals surface area contributed by atoms with Crippen molar-refractivity contribution in [2.75, 3.05) is 19.7 Å². The quantitative estimate of drug-likeness (QED) is 0.161. The molecule has 0 radical (unpaired) electrons. The number of hydrogen-bond acceptors (Lipinski definition) is 8. The van der Waals surface area contributed by atoms with Crippen LogP contribution in [0.1, 0.15) is 54.9 Å². The van der Waals surface area contributed by atoms with Gasteiger partial charge < -0.3 is 23.3 Å². The van der Waals surface area contributed by atoms with Crippen LogP contribution in [-0.2, 0) is 29.8 Å². The summed E-state index contributed by atoms with van der Waals surface area (Å²) in [6.07, 6.45) is -1.95. The number of aromatic nitrogens is 4. The fraction of sp³-hybridized carbons (Fsp3) is 0.382. The van der Waals surface area contributed by atoms with Crippen molar-refractivity contribution in [3.05, 3.63) is 88.2 Å². The molecule has 0 N–H and O–H groups in total. The monoisotopic (exact) mass is 683 g/mol. The highest BCUT2D eigenvalue weighted by Crippen LogP contribution is 2.50. The summed E-state index contributed by atoms with van der Waals surface area (Å²) >= 11 is 5.98. The second-order valence-corrected chi connectivity index (χ2v) is 13.0. The van der Waals surface area contributed by atoms with Gasteiger partial charge in [0.2, 0.25) is 0 Å². The molecule has 8 rings (SSSR count). The minimum Gasteiger partial charge on any atom is -0.444 e. The van der Waals surface area contributed by atoms with Gasteiger partial charge in [-0.1, -0.05) is 28.9 Å². The second kappa shape index (κ2) is 11.7. The van der Waals surface area contributed by atoms with Gasteiger partial charge in [-0.2, -0.15) is 18.2 Å². The summed E-state index contributed by atoms with van der Waals surface area (Å²) in [4.78, 5) is 10.8. The second-order valence-electron chi connectivity index (χ2n) is 12.5. The third-order valence-electron chi connectivity index (χ3n) is 9.36. The third-order valence-corrected chi connectivity index (χ3v) is 9.59. The van der Waals surface area contributed by atoms with E-state index >= 15 is 0 Å². The molecule has 250 valence electrons. The van der Waals surface area contributed by atoms with Crippen LogP contribution < -0.4 is 9.47 Å². The molecule has 48 heavy (non-hydrogen) atoms. The van der Waals surface area contributed by atoms with Crippen LogP contribution in [0.2, 0.25) is 5.02 Å². The molecule has 5 heterocycles. The van der Waals surface area contributed by atoms with E-state index in [-0.39, 0.29) is 23.5 Å². The molecule has 0 spiro atoms. The molecule has 0 amide bonds. The Kier molecular flexibility index (Phi) is 7.61. The van der Waals surface area contributed by atoms with Crippen LogP contribution in [0.15, 0.2) is 59.1 Å². The van der Waals surface area contributed by atoms with E-state index in [4.69, 9.17) is 35.3 Å². The summed E-state index contributed by atoms with van der Waals surface area (Å²) in [7, 11) is 0. The van der Waals surface area contributed by atoms with E-state index in [1.807, 2.05) is 24.3 Å². The molecule has 5 aromatic rings. The lowest BCUT2D eigenvalue weighted by atomic mass is 9.88. The van der Waals surface area contributed by atoms with Crippen LogP contribution in [0.4, 0.5) is 17.6 Å². The zero-order chi connectivity index (χ0) is 33.2. The van der Waals surface area contributed by atoms with E-state index in [0.29, 0.717) is 47.3 Å². The molecule has 0 saturated carbocycles. The Hall–Kier alpha value is -4.20. The molecule has 2 fully saturated rings. The minimum atomic E-state index is -4.70. The first-order valence-corrected chi connectivity index (χ1v) is 16.1. The number of imidazole rings is 1. The number of alkyl halides is 3. The van der Waals surface area contributed by atoms with Crippen molar-refractivity contribution in [3.63, 3.8) is 0 Å². The molecule has 2 aromatic heterocycles. The number of ether oxygens (including phenoxy) is 3. The molecular weight excluding hydrogens is 654 g/mol. The SMILES string of the molecule is CC1(c2ccc(Cl)cc2F)Oc2cccc(C3CCN(Cc4nc5cc(-c6nc(C(F)(F)F)no6)ccc5n4CC4CCO4)CC3)c2O1. The first-order valence-electron chi connectivity index (χ1n) is 15.7. The first-order chi connectivity index (χ1) is 23.0. The lowest BCUT2D eigenvalue weighted by Crippen LogP contribution is -2.35. The maximum absolute atomic E-state index is 14.9. The van der Waals surface area contributed by atoms with Gasteiger partial charge >= 0.3 is 6.18 Å². The molecule has 2 unspecified atom stereocenters. The van der Waals surface area contributed by atoms with Gasteiger partial charge in [0.25, 0.3) is 17.5 Å². The van der Waals surface area contributed by atoms with Gasteiger partial charge in [0.15, 0.2) is 11.5 Å². The highest BCUT2D eigenvalue weighted by atomic mass is 35.5. The van der Waals surface area contributed by atoms with Gasteiger partial charge in [-0.15, -0.1) is 0 Å². The average molecular weight is 684 g/mol. The number of piperidine rings is 1. The highest BCUT2D eigenvalue weighted by molar-refractivity contribution is 6.30. The van der Waals surface area contributed by atoms with Crippen LogP contribution in [0, 0.1) is 5.82 Å². The van der Waals surface area contributed by atoms with Gasteiger partial charge in [0.1, 0.15) is 11.6 Å². The Morgan fingerprint density at radius 1 is 1.00 bits per heavy atom. The molecule has 2 saturated heterocycles. The first kappa shape index (κ1) is 31.1. The number of hydrogen-bond donors (Lipinski definition) is 0. The van der Waals surface area contributed by atoms with Gasteiger partial charge in [-0.05, 0) is 80.7 Å². The normalized spacial score (nSPS) is 21.6. The summed E-state index contributed by atoms with van der Waals surface area (Å²) in [6, 6.07) is 15.4. The Balaban J connectivity index is 0.998. The summed E-state index contributed by atoms with van der Waals surface area (Å²) < 4.78 is 79.4. The van der Waals surface area contributed by atoms with Gasteiger partial charge in [-0.3, -0.25) is 4.90 Å². The maximum Gasteiger partial charge on any atom is 0.455 e. The predicted octanol–water partition coefficient (Wildman–Crippen LogP) is 7.71. The van der Waals surface area contributed by atoms with Crippen LogP contribution in [0.5, 0.6) is 11.5 Å². The van der Waals surface area contributed by atoms with E-state index in [9.17, 15) is 17.6 Å². The number of para-hydroxylation sites is 1. The van der Waals surface area contributed by atoms with E-state index in [2.05, 4.69) is 19.6 Å². The van der Waals surface area contributed by atoms with Crippen LogP contribution in [-0.4, -0.2) is 50.4 Å². The number of likely N-dealkylation sites (tertiary alicyclic amines) is 1. The number of fused-ring (bicyclic) bond motifs is 2. The minimum absolute atomic E-state index is 0.0753. The fourth-order valence-corrected chi connectivity index (χ4v) is 6.92. The predicted molar refractivity (Wildman–Crippen MR) is 166 cm³/mol. The molecule has 2 atom stereocenters. The smallest absolute Gasteiger partial charge is 0.444 e. The molecule has 9 nitrogen and oxygen atoms in total. The Morgan fingerprint density at radius 3 is 2.52 bits per heavy atom. The van der Waals surface area contributed by atoms with Crippen molar-refractivity contribution in [3.8, 4) is 23.0 Å². The van der Waals surface area contributed by atoms with E-state index in [0.717, 1.165) is 49.3 Å².